The van der Waals surface area contributed by atoms with Crippen molar-refractivity contribution in [2.75, 3.05) is 6.54 Å². The molecule has 2 heterocycles. The number of carbonyl (C=O) groups is 2. The average Bonchev–Trinajstić information content (AvgIpc) is 3.12. The summed E-state index contributed by atoms with van der Waals surface area (Å²) in [7, 11) is 0. The fourth-order valence-corrected chi connectivity index (χ4v) is 4.56. The Morgan fingerprint density at radius 3 is 2.64 bits per heavy atom. The molecule has 1 saturated heterocycles. The fourth-order valence-electron chi connectivity index (χ4n) is 2.23. The molecule has 3 rings (SSSR count). The van der Waals surface area contributed by atoms with Crippen LogP contribution in [0.4, 0.5) is 4.39 Å². The van der Waals surface area contributed by atoms with Crippen molar-refractivity contribution in [2.45, 2.75) is 6.42 Å². The van der Waals surface area contributed by atoms with Crippen LogP contribution in [0.3, 0.4) is 0 Å². The van der Waals surface area contributed by atoms with Gasteiger partial charge in [0.25, 0.3) is 5.91 Å². The largest absolute Gasteiger partial charge is 0.481 e. The van der Waals surface area contributed by atoms with Crippen molar-refractivity contribution in [3.63, 3.8) is 0 Å². The number of thiocarbonyl (C=S) groups is 1. The molecule has 0 unspecified atom stereocenters. The highest BCUT2D eigenvalue weighted by atomic mass is 32.2. The van der Waals surface area contributed by atoms with Gasteiger partial charge in [-0.3, -0.25) is 14.5 Å². The molecule has 0 atom stereocenters. The second-order valence-electron chi connectivity index (χ2n) is 5.19. The van der Waals surface area contributed by atoms with E-state index in [0.717, 1.165) is 15.3 Å². The lowest BCUT2D eigenvalue weighted by Crippen LogP contribution is -2.30. The highest BCUT2D eigenvalue weighted by Gasteiger charge is 2.32. The number of halogens is 1. The summed E-state index contributed by atoms with van der Waals surface area (Å²) in [6.45, 7) is 0.0720. The van der Waals surface area contributed by atoms with Crippen molar-refractivity contribution in [3.05, 3.63) is 52.0 Å². The van der Waals surface area contributed by atoms with Crippen LogP contribution in [0.1, 0.15) is 11.3 Å². The third kappa shape index (κ3) is 4.15. The maximum atomic E-state index is 13.0. The van der Waals surface area contributed by atoms with E-state index in [-0.39, 0.29) is 24.7 Å². The number of benzene rings is 1. The highest BCUT2D eigenvalue weighted by molar-refractivity contribution is 8.26. The number of carboxylic acids is 1. The van der Waals surface area contributed by atoms with Crippen molar-refractivity contribution in [3.8, 4) is 10.4 Å². The minimum absolute atomic E-state index is 0.0720. The Kier molecular flexibility index (Phi) is 5.31. The molecule has 0 spiro atoms. The van der Waals surface area contributed by atoms with E-state index in [1.54, 1.807) is 18.2 Å². The molecular formula is C17H12FNO3S3. The first-order valence-electron chi connectivity index (χ1n) is 7.27. The number of nitrogens with zero attached hydrogens (tertiary/aromatic N) is 1. The van der Waals surface area contributed by atoms with Gasteiger partial charge in [-0.05, 0) is 35.9 Å². The van der Waals surface area contributed by atoms with Gasteiger partial charge in [-0.25, -0.2) is 4.39 Å². The quantitative estimate of drug-likeness (QED) is 0.609. The molecular weight excluding hydrogens is 381 g/mol. The first kappa shape index (κ1) is 17.8. The third-order valence-electron chi connectivity index (χ3n) is 3.45. The summed E-state index contributed by atoms with van der Waals surface area (Å²) >= 11 is 7.81. The van der Waals surface area contributed by atoms with Gasteiger partial charge in [0.2, 0.25) is 0 Å². The van der Waals surface area contributed by atoms with Crippen molar-refractivity contribution in [2.24, 2.45) is 0 Å². The Labute approximate surface area is 157 Å². The molecule has 8 heteroatoms. The van der Waals surface area contributed by atoms with Gasteiger partial charge in [0, 0.05) is 16.3 Å². The zero-order chi connectivity index (χ0) is 18.0. The molecule has 0 saturated carbocycles. The molecule has 1 aliphatic heterocycles. The summed E-state index contributed by atoms with van der Waals surface area (Å²) in [4.78, 5) is 26.7. The number of carbonyl (C=O) groups excluding carboxylic acids is 1. The second kappa shape index (κ2) is 7.47. The molecule has 1 aromatic heterocycles. The van der Waals surface area contributed by atoms with Crippen molar-refractivity contribution < 1.29 is 19.1 Å². The lowest BCUT2D eigenvalue weighted by Gasteiger charge is -2.12. The number of rotatable bonds is 5. The number of aliphatic carboxylic acids is 1. The zero-order valence-electron chi connectivity index (χ0n) is 12.8. The maximum absolute atomic E-state index is 13.0. The summed E-state index contributed by atoms with van der Waals surface area (Å²) < 4.78 is 13.4. The van der Waals surface area contributed by atoms with Crippen LogP contribution in [-0.4, -0.2) is 32.7 Å². The van der Waals surface area contributed by atoms with Gasteiger partial charge < -0.3 is 5.11 Å². The number of amides is 1. The van der Waals surface area contributed by atoms with Crippen molar-refractivity contribution >= 4 is 57.6 Å². The van der Waals surface area contributed by atoms with Gasteiger partial charge in [0.1, 0.15) is 10.1 Å². The molecule has 1 aliphatic rings. The first-order chi connectivity index (χ1) is 11.9. The molecule has 1 aromatic carbocycles. The number of hydrogen-bond acceptors (Lipinski definition) is 5. The smallest absolute Gasteiger partial charge is 0.305 e. The van der Waals surface area contributed by atoms with Crippen LogP contribution in [0.2, 0.25) is 0 Å². The van der Waals surface area contributed by atoms with Gasteiger partial charge >= 0.3 is 5.97 Å². The summed E-state index contributed by atoms with van der Waals surface area (Å²) in [5.41, 5.74) is 0.903. The Bertz CT molecular complexity index is 874. The highest BCUT2D eigenvalue weighted by Crippen LogP contribution is 2.35. The topological polar surface area (TPSA) is 57.6 Å². The summed E-state index contributed by atoms with van der Waals surface area (Å²) in [5, 5.41) is 8.75. The molecule has 4 nitrogen and oxygen atoms in total. The van der Waals surface area contributed by atoms with E-state index in [0.29, 0.717) is 9.23 Å². The van der Waals surface area contributed by atoms with Gasteiger partial charge in [0.05, 0.1) is 11.3 Å². The molecule has 2 aromatic rings. The molecule has 0 bridgehead atoms. The van der Waals surface area contributed by atoms with Crippen LogP contribution in [0.5, 0.6) is 0 Å². The molecule has 0 aliphatic carbocycles. The van der Waals surface area contributed by atoms with Gasteiger partial charge in [0.15, 0.2) is 0 Å². The normalized spacial score (nSPS) is 16.0. The molecule has 128 valence electrons. The second-order valence-corrected chi connectivity index (χ2v) is 7.98. The Balaban J connectivity index is 1.77. The number of thiophene rings is 1. The molecule has 1 amide bonds. The lowest BCUT2D eigenvalue weighted by molar-refractivity contribution is -0.137. The molecule has 0 radical (unpaired) electrons. The Morgan fingerprint density at radius 1 is 1.24 bits per heavy atom. The van der Waals surface area contributed by atoms with Gasteiger partial charge in [-0.2, -0.15) is 0 Å². The molecule has 25 heavy (non-hydrogen) atoms. The lowest BCUT2D eigenvalue weighted by atomic mass is 10.2. The SMILES string of the molecule is O=C(O)CCN1C(=O)/C(=C\c2ccc(-c3ccc(F)cc3)s2)SC1=S. The average molecular weight is 393 g/mol. The van der Waals surface area contributed by atoms with Crippen molar-refractivity contribution in [1.29, 1.82) is 0 Å². The predicted molar refractivity (Wildman–Crippen MR) is 102 cm³/mol. The fraction of sp³-hybridized carbons (Fsp3) is 0.118. The summed E-state index contributed by atoms with van der Waals surface area (Å²) in [6, 6.07) is 10.0. The van der Waals surface area contributed by atoms with E-state index < -0.39 is 5.97 Å². The first-order valence-corrected chi connectivity index (χ1v) is 9.31. The maximum Gasteiger partial charge on any atom is 0.305 e. The Hall–Kier alpha value is -2.03. The van der Waals surface area contributed by atoms with Crippen LogP contribution in [0.15, 0.2) is 41.3 Å². The monoisotopic (exact) mass is 393 g/mol. The summed E-state index contributed by atoms with van der Waals surface area (Å²) in [6.07, 6.45) is 1.60. The van der Waals surface area contributed by atoms with E-state index in [4.69, 9.17) is 17.3 Å². The zero-order valence-corrected chi connectivity index (χ0v) is 15.2. The standard InChI is InChI=1S/C17H12FNO3S3/c18-11-3-1-10(2-4-11)13-6-5-12(24-13)9-14-16(22)19(17(23)25-14)8-7-15(20)21/h1-6,9H,7-8H2,(H,20,21)/b14-9+. The summed E-state index contributed by atoms with van der Waals surface area (Å²) in [5.74, 6) is -1.53. The predicted octanol–water partition coefficient (Wildman–Crippen LogP) is 4.23. The van der Waals surface area contributed by atoms with Gasteiger partial charge in [-0.1, -0.05) is 36.1 Å². The van der Waals surface area contributed by atoms with Crippen LogP contribution in [0.25, 0.3) is 16.5 Å². The Morgan fingerprint density at radius 2 is 1.96 bits per heavy atom. The van der Waals surface area contributed by atoms with Crippen LogP contribution < -0.4 is 0 Å². The van der Waals surface area contributed by atoms with Gasteiger partial charge in [-0.15, -0.1) is 11.3 Å². The minimum atomic E-state index is -0.972. The number of carboxylic acid groups (broad SMARTS) is 1. The third-order valence-corrected chi connectivity index (χ3v) is 5.91. The van der Waals surface area contributed by atoms with Crippen LogP contribution >= 0.6 is 35.3 Å². The molecule has 1 fully saturated rings. The molecule has 1 N–H and O–H groups in total. The van der Waals surface area contributed by atoms with E-state index in [1.807, 2.05) is 12.1 Å². The number of thioether (sulfide) groups is 1. The van der Waals surface area contributed by atoms with E-state index in [2.05, 4.69) is 0 Å². The van der Waals surface area contributed by atoms with Crippen LogP contribution in [-0.2, 0) is 9.59 Å². The minimum Gasteiger partial charge on any atom is -0.481 e. The van der Waals surface area contributed by atoms with E-state index in [9.17, 15) is 14.0 Å². The number of hydrogen-bond donors (Lipinski definition) is 1. The van der Waals surface area contributed by atoms with Crippen LogP contribution in [0, 0.1) is 5.82 Å². The van der Waals surface area contributed by atoms with Crippen molar-refractivity contribution in [1.82, 2.24) is 4.90 Å². The van der Waals surface area contributed by atoms with E-state index in [1.165, 1.54) is 40.1 Å². The van der Waals surface area contributed by atoms with E-state index >= 15 is 0 Å².